The SMILES string of the molecule is COc1ccc(CNC(=O)CCNc2ccc(NC(C)=O)cc2)cc1OC. The molecule has 0 aliphatic rings. The van der Waals surface area contributed by atoms with Crippen LogP contribution in [-0.4, -0.2) is 32.6 Å². The highest BCUT2D eigenvalue weighted by Gasteiger charge is 2.06. The molecule has 7 nitrogen and oxygen atoms in total. The lowest BCUT2D eigenvalue weighted by atomic mass is 10.2. The fourth-order valence-electron chi connectivity index (χ4n) is 2.47. The van der Waals surface area contributed by atoms with E-state index in [-0.39, 0.29) is 11.8 Å². The average molecular weight is 371 g/mol. The molecule has 2 aromatic rings. The minimum atomic E-state index is -0.109. The van der Waals surface area contributed by atoms with E-state index in [9.17, 15) is 9.59 Å². The maximum absolute atomic E-state index is 12.0. The van der Waals surface area contributed by atoms with Crippen molar-refractivity contribution in [3.8, 4) is 11.5 Å². The van der Waals surface area contributed by atoms with E-state index >= 15 is 0 Å². The molecule has 0 aliphatic heterocycles. The summed E-state index contributed by atoms with van der Waals surface area (Å²) in [6.07, 6.45) is 0.348. The fourth-order valence-corrected chi connectivity index (χ4v) is 2.47. The van der Waals surface area contributed by atoms with Crippen LogP contribution in [0, 0.1) is 0 Å². The van der Waals surface area contributed by atoms with Gasteiger partial charge in [-0.3, -0.25) is 9.59 Å². The van der Waals surface area contributed by atoms with Crippen molar-refractivity contribution in [1.29, 1.82) is 0 Å². The van der Waals surface area contributed by atoms with E-state index in [0.717, 1.165) is 16.9 Å². The summed E-state index contributed by atoms with van der Waals surface area (Å²) >= 11 is 0. The van der Waals surface area contributed by atoms with Gasteiger partial charge in [-0.2, -0.15) is 0 Å². The Bertz CT molecular complexity index is 775. The molecular formula is C20H25N3O4. The Labute approximate surface area is 159 Å². The van der Waals surface area contributed by atoms with Gasteiger partial charge in [0.1, 0.15) is 0 Å². The van der Waals surface area contributed by atoms with Gasteiger partial charge in [0.25, 0.3) is 0 Å². The number of rotatable bonds is 9. The number of hydrogen-bond donors (Lipinski definition) is 3. The second kappa shape index (κ2) is 10.1. The van der Waals surface area contributed by atoms with Crippen LogP contribution in [0.2, 0.25) is 0 Å². The number of benzene rings is 2. The molecule has 2 rings (SSSR count). The summed E-state index contributed by atoms with van der Waals surface area (Å²) in [4.78, 5) is 23.0. The zero-order chi connectivity index (χ0) is 19.6. The second-order valence-corrected chi connectivity index (χ2v) is 5.90. The predicted octanol–water partition coefficient (Wildman–Crippen LogP) is 2.78. The Morgan fingerprint density at radius 1 is 0.926 bits per heavy atom. The Balaban J connectivity index is 1.74. The molecule has 0 bridgehead atoms. The molecular weight excluding hydrogens is 346 g/mol. The molecule has 0 saturated heterocycles. The van der Waals surface area contributed by atoms with Gasteiger partial charge in [-0.25, -0.2) is 0 Å². The molecule has 0 unspecified atom stereocenters. The van der Waals surface area contributed by atoms with Crippen molar-refractivity contribution in [3.63, 3.8) is 0 Å². The van der Waals surface area contributed by atoms with E-state index in [1.54, 1.807) is 26.4 Å². The molecule has 2 amide bonds. The Hall–Kier alpha value is -3.22. The van der Waals surface area contributed by atoms with Crippen molar-refractivity contribution in [2.24, 2.45) is 0 Å². The van der Waals surface area contributed by atoms with Crippen molar-refractivity contribution >= 4 is 23.2 Å². The van der Waals surface area contributed by atoms with Crippen molar-refractivity contribution < 1.29 is 19.1 Å². The second-order valence-electron chi connectivity index (χ2n) is 5.90. The standard InChI is InChI=1S/C20H25N3O4/c1-14(24)23-17-7-5-16(6-8-17)21-11-10-20(25)22-13-15-4-9-18(26-2)19(12-15)27-3/h4-9,12,21H,10-11,13H2,1-3H3,(H,22,25)(H,23,24). The molecule has 0 spiro atoms. The van der Waals surface area contributed by atoms with Gasteiger partial charge in [-0.15, -0.1) is 0 Å². The van der Waals surface area contributed by atoms with Crippen LogP contribution in [0.1, 0.15) is 18.9 Å². The van der Waals surface area contributed by atoms with Gasteiger partial charge in [0.2, 0.25) is 11.8 Å². The highest BCUT2D eigenvalue weighted by Crippen LogP contribution is 2.27. The Kier molecular flexibility index (Phi) is 7.49. The molecule has 7 heteroatoms. The lowest BCUT2D eigenvalue weighted by Gasteiger charge is -2.11. The van der Waals surface area contributed by atoms with E-state index < -0.39 is 0 Å². The summed E-state index contributed by atoms with van der Waals surface area (Å²) < 4.78 is 10.5. The minimum absolute atomic E-state index is 0.0489. The van der Waals surface area contributed by atoms with Crippen molar-refractivity contribution in [2.45, 2.75) is 19.9 Å². The number of methoxy groups -OCH3 is 2. The first-order valence-corrected chi connectivity index (χ1v) is 8.61. The van der Waals surface area contributed by atoms with Crippen LogP contribution < -0.4 is 25.4 Å². The number of ether oxygens (including phenoxy) is 2. The minimum Gasteiger partial charge on any atom is -0.493 e. The number of carbonyl (C=O) groups is 2. The van der Waals surface area contributed by atoms with Crippen LogP contribution in [0.25, 0.3) is 0 Å². The van der Waals surface area contributed by atoms with Gasteiger partial charge in [-0.1, -0.05) is 6.07 Å². The number of anilines is 2. The van der Waals surface area contributed by atoms with E-state index in [1.165, 1.54) is 6.92 Å². The molecule has 0 radical (unpaired) electrons. The largest absolute Gasteiger partial charge is 0.493 e. The molecule has 0 aliphatic carbocycles. The molecule has 0 atom stereocenters. The van der Waals surface area contributed by atoms with Gasteiger partial charge in [0.05, 0.1) is 14.2 Å². The lowest BCUT2D eigenvalue weighted by Crippen LogP contribution is -2.24. The molecule has 144 valence electrons. The highest BCUT2D eigenvalue weighted by molar-refractivity contribution is 5.88. The van der Waals surface area contributed by atoms with Crippen molar-refractivity contribution in [2.75, 3.05) is 31.4 Å². The molecule has 0 saturated carbocycles. The topological polar surface area (TPSA) is 88.7 Å². The van der Waals surface area contributed by atoms with Crippen LogP contribution in [0.15, 0.2) is 42.5 Å². The summed E-state index contributed by atoms with van der Waals surface area (Å²) in [5, 5.41) is 8.77. The maximum Gasteiger partial charge on any atom is 0.222 e. The molecule has 0 fully saturated rings. The number of nitrogens with one attached hydrogen (secondary N) is 3. The third-order valence-electron chi connectivity index (χ3n) is 3.82. The molecule has 2 aromatic carbocycles. The first kappa shape index (κ1) is 20.1. The van der Waals surface area contributed by atoms with Crippen molar-refractivity contribution in [1.82, 2.24) is 5.32 Å². The Morgan fingerprint density at radius 3 is 2.22 bits per heavy atom. The first-order valence-electron chi connectivity index (χ1n) is 8.61. The van der Waals surface area contributed by atoms with Crippen LogP contribution in [0.4, 0.5) is 11.4 Å². The zero-order valence-corrected chi connectivity index (χ0v) is 15.8. The number of amides is 2. The third kappa shape index (κ3) is 6.54. The van der Waals surface area contributed by atoms with Crippen molar-refractivity contribution in [3.05, 3.63) is 48.0 Å². The van der Waals surface area contributed by atoms with Crippen LogP contribution >= 0.6 is 0 Å². The van der Waals surface area contributed by atoms with Gasteiger partial charge < -0.3 is 25.4 Å². The van der Waals surface area contributed by atoms with Gasteiger partial charge >= 0.3 is 0 Å². The summed E-state index contributed by atoms with van der Waals surface area (Å²) in [6, 6.07) is 12.9. The zero-order valence-electron chi connectivity index (χ0n) is 15.8. The van der Waals surface area contributed by atoms with E-state index in [2.05, 4.69) is 16.0 Å². The molecule has 3 N–H and O–H groups in total. The summed E-state index contributed by atoms with van der Waals surface area (Å²) in [7, 11) is 3.16. The first-order chi connectivity index (χ1) is 13.0. The highest BCUT2D eigenvalue weighted by atomic mass is 16.5. The predicted molar refractivity (Wildman–Crippen MR) is 105 cm³/mol. The van der Waals surface area contributed by atoms with Crippen LogP contribution in [0.5, 0.6) is 11.5 Å². The number of carbonyl (C=O) groups excluding carboxylic acids is 2. The van der Waals surface area contributed by atoms with Gasteiger partial charge in [0, 0.05) is 37.8 Å². The van der Waals surface area contributed by atoms with E-state index in [0.29, 0.717) is 31.0 Å². The van der Waals surface area contributed by atoms with Crippen LogP contribution in [0.3, 0.4) is 0 Å². The normalized spacial score (nSPS) is 10.0. The van der Waals surface area contributed by atoms with Crippen LogP contribution in [-0.2, 0) is 16.1 Å². The van der Waals surface area contributed by atoms with Gasteiger partial charge in [0.15, 0.2) is 11.5 Å². The Morgan fingerprint density at radius 2 is 1.59 bits per heavy atom. The smallest absolute Gasteiger partial charge is 0.222 e. The van der Waals surface area contributed by atoms with E-state index in [1.807, 2.05) is 30.3 Å². The summed E-state index contributed by atoms with van der Waals surface area (Å²) in [5.74, 6) is 1.13. The van der Waals surface area contributed by atoms with Gasteiger partial charge in [-0.05, 0) is 42.0 Å². The molecule has 0 aromatic heterocycles. The number of hydrogen-bond acceptors (Lipinski definition) is 5. The van der Waals surface area contributed by atoms with E-state index in [4.69, 9.17) is 9.47 Å². The lowest BCUT2D eigenvalue weighted by molar-refractivity contribution is -0.121. The quantitative estimate of drug-likeness (QED) is 0.631. The molecule has 0 heterocycles. The summed E-state index contributed by atoms with van der Waals surface area (Å²) in [6.45, 7) is 2.40. The molecule has 27 heavy (non-hydrogen) atoms. The average Bonchev–Trinajstić information content (AvgIpc) is 2.67. The monoisotopic (exact) mass is 371 g/mol. The fraction of sp³-hybridized carbons (Fsp3) is 0.300. The summed E-state index contributed by atoms with van der Waals surface area (Å²) in [5.41, 5.74) is 2.56. The third-order valence-corrected chi connectivity index (χ3v) is 3.82. The maximum atomic E-state index is 12.0.